The van der Waals surface area contributed by atoms with E-state index in [9.17, 15) is 5.26 Å². The molecule has 0 saturated carbocycles. The highest BCUT2D eigenvalue weighted by molar-refractivity contribution is 5.74. The summed E-state index contributed by atoms with van der Waals surface area (Å²) in [4.78, 5) is 13.9. The van der Waals surface area contributed by atoms with Gasteiger partial charge in [-0.1, -0.05) is 0 Å². The van der Waals surface area contributed by atoms with E-state index < -0.39 is 0 Å². The third-order valence-electron chi connectivity index (χ3n) is 6.53. The Morgan fingerprint density at radius 2 is 2.03 bits per heavy atom. The summed E-state index contributed by atoms with van der Waals surface area (Å²) in [6.07, 6.45) is 7.44. The molecule has 0 amide bonds. The predicted octanol–water partition coefficient (Wildman–Crippen LogP) is 3.69. The summed E-state index contributed by atoms with van der Waals surface area (Å²) >= 11 is 0. The first kappa shape index (κ1) is 20.3. The van der Waals surface area contributed by atoms with E-state index in [1.165, 1.54) is 12.8 Å². The van der Waals surface area contributed by atoms with Crippen LogP contribution in [-0.2, 0) is 5.41 Å². The average molecular weight is 404 g/mol. The SMILES string of the molecule is C[C@@H]1CCCN1c1cc(C2(C=N)CCN(C)CC2)cc(Nc2cc(C#N)ccn2)n1. The van der Waals surface area contributed by atoms with E-state index >= 15 is 0 Å². The van der Waals surface area contributed by atoms with Crippen LogP contribution in [-0.4, -0.2) is 53.8 Å². The monoisotopic (exact) mass is 403 g/mol. The Morgan fingerprint density at radius 1 is 1.23 bits per heavy atom. The van der Waals surface area contributed by atoms with E-state index in [0.717, 1.165) is 43.9 Å². The lowest BCUT2D eigenvalue weighted by molar-refractivity contribution is 0.230. The fourth-order valence-electron chi connectivity index (χ4n) is 4.52. The van der Waals surface area contributed by atoms with Gasteiger partial charge in [0.25, 0.3) is 0 Å². The number of hydrogen-bond acceptors (Lipinski definition) is 7. The number of rotatable bonds is 5. The van der Waals surface area contributed by atoms with Crippen LogP contribution in [0.2, 0.25) is 0 Å². The van der Waals surface area contributed by atoms with Crippen molar-refractivity contribution in [1.29, 1.82) is 10.7 Å². The highest BCUT2D eigenvalue weighted by Gasteiger charge is 2.35. The average Bonchev–Trinajstić information content (AvgIpc) is 3.20. The zero-order valence-corrected chi connectivity index (χ0v) is 17.7. The van der Waals surface area contributed by atoms with E-state index in [1.807, 2.05) is 0 Å². The predicted molar refractivity (Wildman–Crippen MR) is 120 cm³/mol. The van der Waals surface area contributed by atoms with Gasteiger partial charge in [0.2, 0.25) is 0 Å². The molecule has 0 spiro atoms. The minimum atomic E-state index is -0.272. The fourth-order valence-corrected chi connectivity index (χ4v) is 4.52. The van der Waals surface area contributed by atoms with Crippen molar-refractivity contribution in [3.05, 3.63) is 41.6 Å². The summed E-state index contributed by atoms with van der Waals surface area (Å²) in [5.74, 6) is 2.27. The molecular weight excluding hydrogens is 374 g/mol. The molecule has 2 aliphatic rings. The number of pyridine rings is 2. The van der Waals surface area contributed by atoms with Crippen molar-refractivity contribution in [1.82, 2.24) is 14.9 Å². The zero-order chi connectivity index (χ0) is 21.1. The number of nitriles is 1. The molecule has 30 heavy (non-hydrogen) atoms. The molecule has 156 valence electrons. The van der Waals surface area contributed by atoms with Crippen LogP contribution in [0.15, 0.2) is 30.5 Å². The molecule has 7 heteroatoms. The second-order valence-corrected chi connectivity index (χ2v) is 8.55. The van der Waals surface area contributed by atoms with Gasteiger partial charge in [-0.2, -0.15) is 5.26 Å². The topological polar surface area (TPSA) is 91.9 Å². The maximum absolute atomic E-state index is 9.19. The molecule has 2 fully saturated rings. The van der Waals surface area contributed by atoms with E-state index in [2.05, 4.69) is 52.3 Å². The van der Waals surface area contributed by atoms with Crippen molar-refractivity contribution in [2.24, 2.45) is 0 Å². The number of aromatic nitrogens is 2. The van der Waals surface area contributed by atoms with E-state index in [4.69, 9.17) is 10.4 Å². The Morgan fingerprint density at radius 3 is 2.70 bits per heavy atom. The van der Waals surface area contributed by atoms with Gasteiger partial charge in [0.1, 0.15) is 17.5 Å². The van der Waals surface area contributed by atoms with Gasteiger partial charge in [0.05, 0.1) is 11.6 Å². The minimum absolute atomic E-state index is 0.272. The molecule has 0 bridgehead atoms. The van der Waals surface area contributed by atoms with Gasteiger partial charge in [0.15, 0.2) is 0 Å². The summed E-state index contributed by atoms with van der Waals surface area (Å²) in [5.41, 5.74) is 1.42. The van der Waals surface area contributed by atoms with Gasteiger partial charge in [-0.3, -0.25) is 0 Å². The van der Waals surface area contributed by atoms with Crippen molar-refractivity contribution in [2.45, 2.75) is 44.1 Å². The molecule has 0 aliphatic carbocycles. The number of nitrogens with zero attached hydrogens (tertiary/aromatic N) is 5. The zero-order valence-electron chi connectivity index (χ0n) is 17.7. The molecule has 0 unspecified atom stereocenters. The van der Waals surface area contributed by atoms with Crippen LogP contribution in [0, 0.1) is 16.7 Å². The summed E-state index contributed by atoms with van der Waals surface area (Å²) in [6.45, 7) is 5.19. The van der Waals surface area contributed by atoms with Crippen molar-refractivity contribution in [3.8, 4) is 6.07 Å². The molecule has 7 nitrogen and oxygen atoms in total. The summed E-state index contributed by atoms with van der Waals surface area (Å²) in [5, 5.41) is 20.8. The molecule has 2 aromatic rings. The Bertz CT molecular complexity index is 956. The number of anilines is 3. The van der Waals surface area contributed by atoms with Crippen molar-refractivity contribution < 1.29 is 0 Å². The minimum Gasteiger partial charge on any atom is -0.354 e. The highest BCUT2D eigenvalue weighted by atomic mass is 15.2. The van der Waals surface area contributed by atoms with Crippen LogP contribution in [0.4, 0.5) is 17.5 Å². The van der Waals surface area contributed by atoms with Gasteiger partial charge in [-0.15, -0.1) is 0 Å². The van der Waals surface area contributed by atoms with Crippen molar-refractivity contribution in [3.63, 3.8) is 0 Å². The van der Waals surface area contributed by atoms with Crippen LogP contribution in [0.25, 0.3) is 0 Å². The molecule has 0 radical (unpaired) electrons. The van der Waals surface area contributed by atoms with Gasteiger partial charge < -0.3 is 20.5 Å². The number of likely N-dealkylation sites (tertiary alicyclic amines) is 1. The standard InChI is InChI=1S/C23H29N7/c1-17-4-3-9-30(17)22-14-19(23(16-25)6-10-29(2)11-7-23)13-21(28-22)27-20-12-18(15-24)5-8-26-20/h5,8,12-14,16-17,25H,3-4,6-7,9-11H2,1-2H3,(H,26,27,28)/t17-/m1/s1. The molecule has 2 saturated heterocycles. The van der Waals surface area contributed by atoms with Crippen LogP contribution in [0.3, 0.4) is 0 Å². The molecule has 4 heterocycles. The van der Waals surface area contributed by atoms with Gasteiger partial charge in [-0.25, -0.2) is 9.97 Å². The Labute approximate surface area is 178 Å². The van der Waals surface area contributed by atoms with Gasteiger partial charge >= 0.3 is 0 Å². The normalized spacial score (nSPS) is 21.2. The highest BCUT2D eigenvalue weighted by Crippen LogP contribution is 2.37. The molecule has 4 rings (SSSR count). The Hall–Kier alpha value is -2.98. The van der Waals surface area contributed by atoms with Crippen LogP contribution in [0.1, 0.15) is 43.7 Å². The molecule has 2 aromatic heterocycles. The molecular formula is C23H29N7. The van der Waals surface area contributed by atoms with Crippen LogP contribution >= 0.6 is 0 Å². The number of piperidine rings is 1. The van der Waals surface area contributed by atoms with Crippen LogP contribution < -0.4 is 10.2 Å². The van der Waals surface area contributed by atoms with Crippen molar-refractivity contribution in [2.75, 3.05) is 36.9 Å². The second kappa shape index (κ2) is 8.41. The fraction of sp³-hybridized carbons (Fsp3) is 0.478. The van der Waals surface area contributed by atoms with E-state index in [0.29, 0.717) is 23.2 Å². The summed E-state index contributed by atoms with van der Waals surface area (Å²) < 4.78 is 0. The maximum atomic E-state index is 9.19. The first-order valence-corrected chi connectivity index (χ1v) is 10.7. The molecule has 2 N–H and O–H groups in total. The Balaban J connectivity index is 1.74. The molecule has 2 aliphatic heterocycles. The van der Waals surface area contributed by atoms with Crippen LogP contribution in [0.5, 0.6) is 0 Å². The van der Waals surface area contributed by atoms with Gasteiger partial charge in [0, 0.05) is 30.4 Å². The third-order valence-corrected chi connectivity index (χ3v) is 6.53. The quantitative estimate of drug-likeness (QED) is 0.740. The lowest BCUT2D eigenvalue weighted by Gasteiger charge is -2.38. The lowest BCUT2D eigenvalue weighted by Crippen LogP contribution is -2.42. The first-order chi connectivity index (χ1) is 14.5. The number of nitrogens with one attached hydrogen (secondary N) is 2. The third kappa shape index (κ3) is 4.01. The van der Waals surface area contributed by atoms with Crippen molar-refractivity contribution >= 4 is 23.7 Å². The second-order valence-electron chi connectivity index (χ2n) is 8.55. The molecule has 0 aromatic carbocycles. The summed E-state index contributed by atoms with van der Waals surface area (Å²) in [6, 6.07) is 10.3. The Kier molecular flexibility index (Phi) is 5.69. The first-order valence-electron chi connectivity index (χ1n) is 10.7. The number of hydrogen-bond donors (Lipinski definition) is 2. The lowest BCUT2D eigenvalue weighted by atomic mass is 9.74. The summed E-state index contributed by atoms with van der Waals surface area (Å²) in [7, 11) is 2.14. The van der Waals surface area contributed by atoms with E-state index in [-0.39, 0.29) is 5.41 Å². The van der Waals surface area contributed by atoms with Gasteiger partial charge in [-0.05, 0) is 82.6 Å². The molecule has 1 atom stereocenters. The largest absolute Gasteiger partial charge is 0.354 e. The smallest absolute Gasteiger partial charge is 0.134 e. The van der Waals surface area contributed by atoms with E-state index in [1.54, 1.807) is 24.5 Å². The maximum Gasteiger partial charge on any atom is 0.134 e.